The van der Waals surface area contributed by atoms with Crippen molar-refractivity contribution in [2.45, 2.75) is 13.1 Å². The highest BCUT2D eigenvalue weighted by Gasteiger charge is 2.07. The summed E-state index contributed by atoms with van der Waals surface area (Å²) >= 11 is 0. The lowest BCUT2D eigenvalue weighted by molar-refractivity contribution is 0.390. The molecule has 0 unspecified atom stereocenters. The Hall–Kier alpha value is -2.96. The zero-order valence-corrected chi connectivity index (χ0v) is 15.0. The van der Waals surface area contributed by atoms with Gasteiger partial charge in [-0.15, -0.1) is 0 Å². The number of ether oxygens (including phenoxy) is 3. The van der Waals surface area contributed by atoms with E-state index >= 15 is 0 Å². The van der Waals surface area contributed by atoms with Crippen LogP contribution < -0.4 is 24.8 Å². The molecule has 2 aromatic rings. The number of nitrogens with zero attached hydrogens (tertiary/aromatic N) is 2. The Kier molecular flexibility index (Phi) is 6.88. The summed E-state index contributed by atoms with van der Waals surface area (Å²) < 4.78 is 15.9. The molecule has 0 aliphatic heterocycles. The van der Waals surface area contributed by atoms with Gasteiger partial charge in [-0.3, -0.25) is 4.99 Å². The van der Waals surface area contributed by atoms with E-state index in [1.807, 2.05) is 30.3 Å². The number of aliphatic imine (C=N–C) groups is 1. The number of methoxy groups -OCH3 is 3. The summed E-state index contributed by atoms with van der Waals surface area (Å²) in [5, 5.41) is 6.51. The van der Waals surface area contributed by atoms with Crippen molar-refractivity contribution in [1.29, 1.82) is 0 Å². The molecule has 134 valence electrons. The van der Waals surface area contributed by atoms with E-state index < -0.39 is 0 Å². The smallest absolute Gasteiger partial charge is 0.218 e. The van der Waals surface area contributed by atoms with E-state index in [0.29, 0.717) is 24.9 Å². The lowest BCUT2D eigenvalue weighted by Gasteiger charge is -2.15. The van der Waals surface area contributed by atoms with Crippen LogP contribution in [0.15, 0.2) is 41.5 Å². The summed E-state index contributed by atoms with van der Waals surface area (Å²) in [6, 6.07) is 9.54. The maximum atomic E-state index is 5.41. The minimum Gasteiger partial charge on any atom is -0.497 e. The van der Waals surface area contributed by atoms with Crippen LogP contribution in [0, 0.1) is 0 Å². The van der Waals surface area contributed by atoms with Gasteiger partial charge in [-0.25, -0.2) is 4.98 Å². The topological polar surface area (TPSA) is 77.0 Å². The molecule has 0 bridgehead atoms. The number of hydrogen-bond donors (Lipinski definition) is 2. The van der Waals surface area contributed by atoms with Crippen molar-refractivity contribution in [2.75, 3.05) is 28.4 Å². The molecule has 2 N–H and O–H groups in total. The minimum absolute atomic E-state index is 0.552. The number of nitrogens with one attached hydrogen (secondary N) is 2. The molecule has 0 aliphatic carbocycles. The molecular formula is C18H24N4O3. The molecule has 0 aliphatic rings. The van der Waals surface area contributed by atoms with Crippen LogP contribution in [0.5, 0.6) is 17.4 Å². The second-order valence-electron chi connectivity index (χ2n) is 5.13. The largest absolute Gasteiger partial charge is 0.497 e. The Morgan fingerprint density at radius 1 is 1.00 bits per heavy atom. The molecule has 7 heteroatoms. The van der Waals surface area contributed by atoms with Crippen molar-refractivity contribution in [1.82, 2.24) is 15.6 Å². The standard InChI is InChI=1S/C18H24N4O3/c1-19-18(22-12-14-6-5-9-20-17(14)25-4)21-11-13-7-8-15(23-2)10-16(13)24-3/h5-10H,11-12H2,1-4H3,(H2,19,21,22). The maximum absolute atomic E-state index is 5.41. The van der Waals surface area contributed by atoms with Gasteiger partial charge in [0.2, 0.25) is 5.88 Å². The first kappa shape index (κ1) is 18.4. The van der Waals surface area contributed by atoms with Gasteiger partial charge in [0.15, 0.2) is 5.96 Å². The Labute approximate surface area is 148 Å². The lowest BCUT2D eigenvalue weighted by Crippen LogP contribution is -2.36. The molecular weight excluding hydrogens is 320 g/mol. The van der Waals surface area contributed by atoms with E-state index in [1.54, 1.807) is 34.6 Å². The number of aromatic nitrogens is 1. The van der Waals surface area contributed by atoms with Crippen LogP contribution in [0.25, 0.3) is 0 Å². The van der Waals surface area contributed by atoms with Crippen molar-refractivity contribution in [3.05, 3.63) is 47.7 Å². The van der Waals surface area contributed by atoms with E-state index in [4.69, 9.17) is 14.2 Å². The average Bonchev–Trinajstić information content (AvgIpc) is 2.68. The monoisotopic (exact) mass is 344 g/mol. The number of rotatable bonds is 7. The maximum Gasteiger partial charge on any atom is 0.218 e. The van der Waals surface area contributed by atoms with Gasteiger partial charge in [0.1, 0.15) is 11.5 Å². The van der Waals surface area contributed by atoms with Gasteiger partial charge < -0.3 is 24.8 Å². The SMILES string of the molecule is CN=C(NCc1ccc(OC)cc1OC)NCc1cccnc1OC. The lowest BCUT2D eigenvalue weighted by atomic mass is 10.2. The van der Waals surface area contributed by atoms with Crippen molar-refractivity contribution >= 4 is 5.96 Å². The first-order chi connectivity index (χ1) is 12.2. The molecule has 0 amide bonds. The number of benzene rings is 1. The molecule has 0 saturated heterocycles. The highest BCUT2D eigenvalue weighted by Crippen LogP contribution is 2.24. The highest BCUT2D eigenvalue weighted by atomic mass is 16.5. The van der Waals surface area contributed by atoms with Crippen LogP contribution in [0.2, 0.25) is 0 Å². The molecule has 0 saturated carbocycles. The Balaban J connectivity index is 1.97. The summed E-state index contributed by atoms with van der Waals surface area (Å²) in [6.07, 6.45) is 1.70. The van der Waals surface area contributed by atoms with Gasteiger partial charge in [-0.05, 0) is 18.2 Å². The molecule has 0 spiro atoms. The predicted octanol–water partition coefficient (Wildman–Crippen LogP) is 1.97. The minimum atomic E-state index is 0.552. The Bertz CT molecular complexity index is 719. The Morgan fingerprint density at radius 3 is 2.40 bits per heavy atom. The number of guanidine groups is 1. The van der Waals surface area contributed by atoms with Gasteiger partial charge in [0.25, 0.3) is 0 Å². The first-order valence-electron chi connectivity index (χ1n) is 7.85. The summed E-state index contributed by atoms with van der Waals surface area (Å²) in [7, 11) is 6.60. The van der Waals surface area contributed by atoms with Crippen molar-refractivity contribution in [3.63, 3.8) is 0 Å². The molecule has 2 rings (SSSR count). The summed E-state index contributed by atoms with van der Waals surface area (Å²) in [4.78, 5) is 8.41. The predicted molar refractivity (Wildman–Crippen MR) is 97.4 cm³/mol. The van der Waals surface area contributed by atoms with Crippen molar-refractivity contribution in [3.8, 4) is 17.4 Å². The third-order valence-electron chi connectivity index (χ3n) is 3.65. The molecule has 1 aromatic heterocycles. The zero-order chi connectivity index (χ0) is 18.1. The number of pyridine rings is 1. The van der Waals surface area contributed by atoms with E-state index in [9.17, 15) is 0 Å². The Morgan fingerprint density at radius 2 is 1.76 bits per heavy atom. The molecule has 0 fully saturated rings. The molecule has 1 heterocycles. The fraction of sp³-hybridized carbons (Fsp3) is 0.333. The third kappa shape index (κ3) is 5.00. The van der Waals surface area contributed by atoms with Gasteiger partial charge >= 0.3 is 0 Å². The molecule has 0 atom stereocenters. The van der Waals surface area contributed by atoms with E-state index in [0.717, 1.165) is 22.6 Å². The van der Waals surface area contributed by atoms with Crippen LogP contribution in [0.3, 0.4) is 0 Å². The average molecular weight is 344 g/mol. The van der Waals surface area contributed by atoms with E-state index in [1.165, 1.54) is 0 Å². The molecule has 7 nitrogen and oxygen atoms in total. The third-order valence-corrected chi connectivity index (χ3v) is 3.65. The van der Waals surface area contributed by atoms with E-state index in [2.05, 4.69) is 20.6 Å². The van der Waals surface area contributed by atoms with Gasteiger partial charge in [0, 0.05) is 43.5 Å². The van der Waals surface area contributed by atoms with Gasteiger partial charge in [-0.2, -0.15) is 0 Å². The van der Waals surface area contributed by atoms with Crippen molar-refractivity contribution in [2.24, 2.45) is 4.99 Å². The summed E-state index contributed by atoms with van der Waals surface area (Å²) in [5.74, 6) is 2.79. The summed E-state index contributed by atoms with van der Waals surface area (Å²) in [5.41, 5.74) is 1.96. The highest BCUT2D eigenvalue weighted by molar-refractivity contribution is 5.79. The van der Waals surface area contributed by atoms with Crippen LogP contribution in [-0.4, -0.2) is 39.3 Å². The molecule has 25 heavy (non-hydrogen) atoms. The first-order valence-corrected chi connectivity index (χ1v) is 7.85. The molecule has 1 aromatic carbocycles. The van der Waals surface area contributed by atoms with Gasteiger partial charge in [-0.1, -0.05) is 6.07 Å². The normalized spacial score (nSPS) is 11.0. The van der Waals surface area contributed by atoms with E-state index in [-0.39, 0.29) is 0 Å². The zero-order valence-electron chi connectivity index (χ0n) is 15.0. The number of hydrogen-bond acceptors (Lipinski definition) is 5. The summed E-state index contributed by atoms with van der Waals surface area (Å²) in [6.45, 7) is 1.12. The fourth-order valence-corrected chi connectivity index (χ4v) is 2.32. The van der Waals surface area contributed by atoms with Gasteiger partial charge in [0.05, 0.1) is 21.3 Å². The fourth-order valence-electron chi connectivity index (χ4n) is 2.32. The van der Waals surface area contributed by atoms with Crippen LogP contribution >= 0.6 is 0 Å². The molecule has 0 radical (unpaired) electrons. The van der Waals surface area contributed by atoms with Crippen molar-refractivity contribution < 1.29 is 14.2 Å². The second-order valence-corrected chi connectivity index (χ2v) is 5.13. The quantitative estimate of drug-likeness (QED) is 0.591. The second kappa shape index (κ2) is 9.36. The van der Waals surface area contributed by atoms with Crippen LogP contribution in [-0.2, 0) is 13.1 Å². The van der Waals surface area contributed by atoms with Crippen LogP contribution in [0.4, 0.5) is 0 Å². The van der Waals surface area contributed by atoms with Crippen LogP contribution in [0.1, 0.15) is 11.1 Å².